The molecule has 11 heteroatoms. The lowest BCUT2D eigenvalue weighted by molar-refractivity contribution is -0.137. The summed E-state index contributed by atoms with van der Waals surface area (Å²) in [4.78, 5) is 51.6. The van der Waals surface area contributed by atoms with Crippen LogP contribution in [-0.4, -0.2) is 30.7 Å². The molecule has 3 aromatic rings. The number of methoxy groups -OCH3 is 1. The first-order valence-electron chi connectivity index (χ1n) is 11.2. The summed E-state index contributed by atoms with van der Waals surface area (Å²) >= 11 is 11.8. The maximum absolute atomic E-state index is 13.2. The zero-order valence-corrected chi connectivity index (χ0v) is 21.7. The molecular weight excluding hydrogens is 533 g/mol. The smallest absolute Gasteiger partial charge is 0.343 e. The lowest BCUT2D eigenvalue weighted by Gasteiger charge is -2.21. The summed E-state index contributed by atoms with van der Waals surface area (Å²) in [5.74, 6) is -2.43. The van der Waals surface area contributed by atoms with Crippen LogP contribution in [0.25, 0.3) is 6.08 Å². The van der Waals surface area contributed by atoms with E-state index in [4.69, 9.17) is 32.4 Å². The van der Waals surface area contributed by atoms with Crippen molar-refractivity contribution >= 4 is 64.2 Å². The van der Waals surface area contributed by atoms with Crippen LogP contribution in [0.2, 0.25) is 10.0 Å². The largest absolute Gasteiger partial charge is 0.465 e. The second kappa shape index (κ2) is 11.4. The minimum Gasteiger partial charge on any atom is -0.465 e. The predicted molar refractivity (Wildman–Crippen MR) is 142 cm³/mol. The average Bonchev–Trinajstić information content (AvgIpc) is 3.43. The number of hydrogen-bond acceptors (Lipinski definition) is 7. The van der Waals surface area contributed by atoms with E-state index in [1.807, 2.05) is 18.2 Å². The summed E-state index contributed by atoms with van der Waals surface area (Å²) in [5.41, 5.74) is 1.49. The molecule has 194 valence electrons. The van der Waals surface area contributed by atoms with Crippen molar-refractivity contribution < 1.29 is 28.3 Å². The number of ketones is 1. The van der Waals surface area contributed by atoms with Crippen molar-refractivity contribution in [1.82, 2.24) is 5.32 Å². The first-order valence-corrected chi connectivity index (χ1v) is 12.0. The highest BCUT2D eigenvalue weighted by atomic mass is 35.5. The number of anilines is 2. The molecule has 9 nitrogen and oxygen atoms in total. The van der Waals surface area contributed by atoms with Gasteiger partial charge >= 0.3 is 17.8 Å². The highest BCUT2D eigenvalue weighted by Gasteiger charge is 2.38. The van der Waals surface area contributed by atoms with Crippen LogP contribution in [0, 0.1) is 0 Å². The molecule has 0 unspecified atom stereocenters. The van der Waals surface area contributed by atoms with Crippen LogP contribution in [0.1, 0.15) is 18.4 Å². The maximum atomic E-state index is 13.2. The van der Waals surface area contributed by atoms with Crippen molar-refractivity contribution in [3.05, 3.63) is 99.2 Å². The Morgan fingerprint density at radius 2 is 1.68 bits per heavy atom. The van der Waals surface area contributed by atoms with Crippen LogP contribution < -0.4 is 15.5 Å². The van der Waals surface area contributed by atoms with Gasteiger partial charge in [-0.25, -0.2) is 4.79 Å². The van der Waals surface area contributed by atoms with Gasteiger partial charge in [0.15, 0.2) is 0 Å². The van der Waals surface area contributed by atoms with Gasteiger partial charge < -0.3 is 24.7 Å². The molecule has 0 radical (unpaired) electrons. The normalized spacial score (nSPS) is 14.2. The number of allylic oxidation sites excluding steroid dienone is 2. The summed E-state index contributed by atoms with van der Waals surface area (Å²) in [7, 11) is 1.21. The summed E-state index contributed by atoms with van der Waals surface area (Å²) in [6.07, 6.45) is 1.50. The molecule has 0 saturated carbocycles. The van der Waals surface area contributed by atoms with Crippen molar-refractivity contribution in [3.63, 3.8) is 0 Å². The molecule has 1 aliphatic rings. The Labute approximate surface area is 227 Å². The number of benzene rings is 2. The fraction of sp³-hybridized carbons (Fsp3) is 0.111. The fourth-order valence-electron chi connectivity index (χ4n) is 3.83. The van der Waals surface area contributed by atoms with Crippen LogP contribution in [0.5, 0.6) is 0 Å². The van der Waals surface area contributed by atoms with Crippen molar-refractivity contribution in [2.45, 2.75) is 13.5 Å². The number of amides is 2. The van der Waals surface area contributed by atoms with E-state index >= 15 is 0 Å². The van der Waals surface area contributed by atoms with Crippen LogP contribution >= 0.6 is 23.2 Å². The van der Waals surface area contributed by atoms with E-state index in [2.05, 4.69) is 10.6 Å². The van der Waals surface area contributed by atoms with Gasteiger partial charge in [0.25, 0.3) is 0 Å². The molecule has 1 aliphatic heterocycles. The SMILES string of the molecule is COC(=O)C1=C(C)N(c2ccccc2)/C(=C/c2ccc(CNC(=O)C(=O)Nc3cc(Cl)cc(Cl)c3)o2)C1=O. The van der Waals surface area contributed by atoms with Gasteiger partial charge in [0.05, 0.1) is 19.4 Å². The van der Waals surface area contributed by atoms with E-state index in [0.29, 0.717) is 33.0 Å². The van der Waals surface area contributed by atoms with Gasteiger partial charge in [-0.1, -0.05) is 41.4 Å². The number of carbonyl (C=O) groups is 4. The Morgan fingerprint density at radius 3 is 2.34 bits per heavy atom. The average molecular weight is 554 g/mol. The van der Waals surface area contributed by atoms with Gasteiger partial charge in [0.2, 0.25) is 5.78 Å². The molecule has 4 rings (SSSR count). The summed E-state index contributed by atoms with van der Waals surface area (Å²) in [6.45, 7) is 1.57. The number of para-hydroxylation sites is 1. The maximum Gasteiger partial charge on any atom is 0.343 e. The zero-order chi connectivity index (χ0) is 27.4. The number of nitrogens with one attached hydrogen (secondary N) is 2. The first-order chi connectivity index (χ1) is 18.2. The van der Waals surface area contributed by atoms with E-state index in [0.717, 1.165) is 0 Å². The number of carbonyl (C=O) groups excluding carboxylic acids is 4. The summed E-state index contributed by atoms with van der Waals surface area (Å²) < 4.78 is 10.5. The Morgan fingerprint density at radius 1 is 1.00 bits per heavy atom. The number of rotatable bonds is 6. The third-order valence-electron chi connectivity index (χ3n) is 5.51. The summed E-state index contributed by atoms with van der Waals surface area (Å²) in [5, 5.41) is 5.49. The van der Waals surface area contributed by atoms with Gasteiger partial charge in [-0.05, 0) is 49.4 Å². The van der Waals surface area contributed by atoms with E-state index in [-0.39, 0.29) is 23.5 Å². The summed E-state index contributed by atoms with van der Waals surface area (Å²) in [6, 6.07) is 16.7. The van der Waals surface area contributed by atoms with Crippen molar-refractivity contribution in [3.8, 4) is 0 Å². The minimum absolute atomic E-state index is 0.0753. The monoisotopic (exact) mass is 553 g/mol. The van der Waals surface area contributed by atoms with Crippen LogP contribution in [-0.2, 0) is 30.5 Å². The van der Waals surface area contributed by atoms with Gasteiger partial charge in [-0.2, -0.15) is 0 Å². The number of halogens is 2. The molecule has 0 aliphatic carbocycles. The zero-order valence-electron chi connectivity index (χ0n) is 20.2. The second-order valence-electron chi connectivity index (χ2n) is 8.08. The van der Waals surface area contributed by atoms with Crippen LogP contribution in [0.3, 0.4) is 0 Å². The molecule has 38 heavy (non-hydrogen) atoms. The van der Waals surface area contributed by atoms with Crippen LogP contribution in [0.4, 0.5) is 11.4 Å². The minimum atomic E-state index is -0.913. The molecule has 1 aromatic heterocycles. The van der Waals surface area contributed by atoms with Gasteiger partial charge in [-0.15, -0.1) is 0 Å². The second-order valence-corrected chi connectivity index (χ2v) is 8.95. The standard InChI is InChI=1S/C27H21Cl2N3O6/c1-15-23(27(36)37-2)24(33)22(32(15)19-6-4-3-5-7-19)13-20-8-9-21(38-20)14-30-25(34)26(35)31-18-11-16(28)10-17(29)12-18/h3-13H,14H2,1-2H3,(H,30,34)(H,31,35)/b22-13+. The Hall–Kier alpha value is -4.34. The fourth-order valence-corrected chi connectivity index (χ4v) is 4.36. The van der Waals surface area contributed by atoms with Crippen LogP contribution in [0.15, 0.2) is 82.0 Å². The molecule has 0 saturated heterocycles. The molecule has 0 atom stereocenters. The quantitative estimate of drug-likeness (QED) is 0.196. The molecule has 2 amide bonds. The van der Waals surface area contributed by atoms with Gasteiger partial charge in [0, 0.05) is 33.2 Å². The number of Topliss-reactive ketones (excluding diaryl/α,β-unsaturated/α-hetero) is 1. The lowest BCUT2D eigenvalue weighted by Crippen LogP contribution is -2.34. The number of nitrogens with zero attached hydrogens (tertiary/aromatic N) is 1. The molecule has 2 aromatic carbocycles. The van der Waals surface area contributed by atoms with Crippen molar-refractivity contribution in [2.24, 2.45) is 0 Å². The third-order valence-corrected chi connectivity index (χ3v) is 5.95. The molecule has 2 N–H and O–H groups in total. The number of hydrogen-bond donors (Lipinski definition) is 2. The molecule has 0 bridgehead atoms. The lowest BCUT2D eigenvalue weighted by atomic mass is 10.1. The Kier molecular flexibility index (Phi) is 7.99. The Balaban J connectivity index is 1.48. The highest BCUT2D eigenvalue weighted by molar-refractivity contribution is 6.40. The molecular formula is C27H21Cl2N3O6. The molecule has 0 fully saturated rings. The van der Waals surface area contributed by atoms with Crippen molar-refractivity contribution in [1.29, 1.82) is 0 Å². The Bertz CT molecular complexity index is 1470. The van der Waals surface area contributed by atoms with Crippen molar-refractivity contribution in [2.75, 3.05) is 17.3 Å². The van der Waals surface area contributed by atoms with Gasteiger partial charge in [-0.3, -0.25) is 14.4 Å². The topological polar surface area (TPSA) is 118 Å². The number of ether oxygens (including phenoxy) is 1. The third kappa shape index (κ3) is 5.80. The van der Waals surface area contributed by atoms with E-state index in [1.165, 1.54) is 31.4 Å². The van der Waals surface area contributed by atoms with E-state index < -0.39 is 23.6 Å². The molecule has 0 spiro atoms. The van der Waals surface area contributed by atoms with Gasteiger partial charge in [0.1, 0.15) is 17.1 Å². The highest BCUT2D eigenvalue weighted by Crippen LogP contribution is 2.35. The van der Waals surface area contributed by atoms with E-state index in [9.17, 15) is 19.2 Å². The number of esters is 1. The predicted octanol–water partition coefficient (Wildman–Crippen LogP) is 4.72. The molecule has 2 heterocycles. The van der Waals surface area contributed by atoms with E-state index in [1.54, 1.807) is 36.1 Å². The first kappa shape index (κ1) is 26.7. The number of furan rings is 1.